The molecule has 2 unspecified atom stereocenters. The SMILES string of the molecule is CCNC(C)(C#N)CC(C)N1CCN(C(C)C)CC1. The molecule has 2 atom stereocenters. The Morgan fingerprint density at radius 3 is 2.11 bits per heavy atom. The van der Waals surface area contributed by atoms with E-state index < -0.39 is 5.54 Å². The number of hydrogen-bond donors (Lipinski definition) is 1. The molecule has 0 aromatic carbocycles. The van der Waals surface area contributed by atoms with Gasteiger partial charge in [0.1, 0.15) is 5.54 Å². The van der Waals surface area contributed by atoms with Gasteiger partial charge in [-0.3, -0.25) is 15.1 Å². The zero-order valence-corrected chi connectivity index (χ0v) is 13.2. The first kappa shape index (κ1) is 16.4. The molecule has 0 radical (unpaired) electrons. The molecule has 0 aromatic rings. The molecule has 0 saturated carbocycles. The second-order valence-electron chi connectivity index (χ2n) is 6.19. The molecule has 1 rings (SSSR count). The van der Waals surface area contributed by atoms with Crippen molar-refractivity contribution in [1.29, 1.82) is 5.26 Å². The van der Waals surface area contributed by atoms with E-state index in [-0.39, 0.29) is 0 Å². The topological polar surface area (TPSA) is 42.3 Å². The summed E-state index contributed by atoms with van der Waals surface area (Å²) >= 11 is 0. The van der Waals surface area contributed by atoms with E-state index in [2.05, 4.69) is 48.9 Å². The van der Waals surface area contributed by atoms with Gasteiger partial charge in [-0.15, -0.1) is 0 Å². The third-order valence-corrected chi connectivity index (χ3v) is 4.22. The van der Waals surface area contributed by atoms with Crippen molar-refractivity contribution in [3.63, 3.8) is 0 Å². The molecule has 0 aromatic heterocycles. The van der Waals surface area contributed by atoms with E-state index in [0.29, 0.717) is 12.1 Å². The predicted molar refractivity (Wildman–Crippen MR) is 80.1 cm³/mol. The van der Waals surface area contributed by atoms with Crippen LogP contribution >= 0.6 is 0 Å². The van der Waals surface area contributed by atoms with Gasteiger partial charge in [-0.05, 0) is 40.7 Å². The molecule has 0 spiro atoms. The highest BCUT2D eigenvalue weighted by Crippen LogP contribution is 2.17. The lowest BCUT2D eigenvalue weighted by atomic mass is 9.94. The van der Waals surface area contributed by atoms with Crippen LogP contribution in [0.3, 0.4) is 0 Å². The maximum atomic E-state index is 9.34. The molecule has 0 bridgehead atoms. The fourth-order valence-corrected chi connectivity index (χ4v) is 2.96. The normalized spacial score (nSPS) is 23.0. The molecule has 110 valence electrons. The van der Waals surface area contributed by atoms with Gasteiger partial charge in [0.15, 0.2) is 0 Å². The Bertz CT molecular complexity index is 302. The quantitative estimate of drug-likeness (QED) is 0.794. The summed E-state index contributed by atoms with van der Waals surface area (Å²) in [5, 5.41) is 12.6. The minimum absolute atomic E-state index is 0.399. The monoisotopic (exact) mass is 266 g/mol. The van der Waals surface area contributed by atoms with Crippen molar-refractivity contribution in [2.75, 3.05) is 32.7 Å². The van der Waals surface area contributed by atoms with Gasteiger partial charge in [0.2, 0.25) is 0 Å². The Morgan fingerprint density at radius 2 is 1.68 bits per heavy atom. The molecule has 4 heteroatoms. The van der Waals surface area contributed by atoms with E-state index in [1.165, 1.54) is 0 Å². The van der Waals surface area contributed by atoms with Crippen LogP contribution in [0.4, 0.5) is 0 Å². The van der Waals surface area contributed by atoms with Crippen LogP contribution in [0.25, 0.3) is 0 Å². The van der Waals surface area contributed by atoms with Crippen molar-refractivity contribution in [2.45, 2.75) is 58.7 Å². The standard InChI is InChI=1S/C15H30N4/c1-6-17-15(5,12-16)11-14(4)19-9-7-18(8-10-19)13(2)3/h13-14,17H,6-11H2,1-5H3. The number of nitriles is 1. The summed E-state index contributed by atoms with van der Waals surface area (Å²) in [5.74, 6) is 0. The highest BCUT2D eigenvalue weighted by molar-refractivity contribution is 5.05. The van der Waals surface area contributed by atoms with Crippen LogP contribution in [0.15, 0.2) is 0 Å². The minimum atomic E-state index is -0.399. The number of nitrogens with zero attached hydrogens (tertiary/aromatic N) is 3. The third kappa shape index (κ3) is 4.76. The highest BCUT2D eigenvalue weighted by atomic mass is 15.3. The average molecular weight is 266 g/mol. The summed E-state index contributed by atoms with van der Waals surface area (Å²) in [6.07, 6.45) is 0.888. The lowest BCUT2D eigenvalue weighted by molar-refractivity contribution is 0.0743. The van der Waals surface area contributed by atoms with Gasteiger partial charge < -0.3 is 0 Å². The van der Waals surface area contributed by atoms with Gasteiger partial charge in [0.25, 0.3) is 0 Å². The van der Waals surface area contributed by atoms with Crippen molar-refractivity contribution < 1.29 is 0 Å². The fraction of sp³-hybridized carbons (Fsp3) is 0.933. The van der Waals surface area contributed by atoms with Gasteiger partial charge in [-0.1, -0.05) is 6.92 Å². The summed E-state index contributed by atoms with van der Waals surface area (Å²) in [5.41, 5.74) is -0.399. The van der Waals surface area contributed by atoms with Gasteiger partial charge in [-0.2, -0.15) is 5.26 Å². The molecule has 1 N–H and O–H groups in total. The molecule has 4 nitrogen and oxygen atoms in total. The molecule has 0 aliphatic carbocycles. The molecule has 1 saturated heterocycles. The third-order valence-electron chi connectivity index (χ3n) is 4.22. The van der Waals surface area contributed by atoms with E-state index in [9.17, 15) is 5.26 Å². The summed E-state index contributed by atoms with van der Waals surface area (Å²) in [6.45, 7) is 16.2. The summed E-state index contributed by atoms with van der Waals surface area (Å²) in [6, 6.07) is 3.53. The second kappa shape index (κ2) is 7.23. The molecule has 19 heavy (non-hydrogen) atoms. The zero-order chi connectivity index (χ0) is 14.5. The van der Waals surface area contributed by atoms with Crippen LogP contribution in [-0.2, 0) is 0 Å². The molecule has 1 aliphatic heterocycles. The van der Waals surface area contributed by atoms with E-state index in [4.69, 9.17) is 0 Å². The number of piperazine rings is 1. The van der Waals surface area contributed by atoms with Crippen LogP contribution in [0.1, 0.15) is 41.0 Å². The minimum Gasteiger partial charge on any atom is -0.300 e. The smallest absolute Gasteiger partial charge is 0.105 e. The van der Waals surface area contributed by atoms with Gasteiger partial charge >= 0.3 is 0 Å². The van der Waals surface area contributed by atoms with E-state index in [1.54, 1.807) is 0 Å². The Labute approximate surface area is 118 Å². The van der Waals surface area contributed by atoms with Crippen molar-refractivity contribution in [1.82, 2.24) is 15.1 Å². The maximum Gasteiger partial charge on any atom is 0.105 e. The fourth-order valence-electron chi connectivity index (χ4n) is 2.96. The first-order chi connectivity index (χ1) is 8.91. The Kier molecular flexibility index (Phi) is 6.25. The highest BCUT2D eigenvalue weighted by Gasteiger charge is 2.29. The number of nitrogens with one attached hydrogen (secondary N) is 1. The Hall–Kier alpha value is -0.630. The molecular formula is C15H30N4. The number of hydrogen-bond acceptors (Lipinski definition) is 4. The van der Waals surface area contributed by atoms with Crippen molar-refractivity contribution in [3.8, 4) is 6.07 Å². The maximum absolute atomic E-state index is 9.34. The van der Waals surface area contributed by atoms with Crippen LogP contribution in [0.2, 0.25) is 0 Å². The summed E-state index contributed by atoms with van der Waals surface area (Å²) < 4.78 is 0. The molecular weight excluding hydrogens is 236 g/mol. The Balaban J connectivity index is 2.47. The summed E-state index contributed by atoms with van der Waals surface area (Å²) in [7, 11) is 0. The molecule has 1 fully saturated rings. The molecule has 1 heterocycles. The summed E-state index contributed by atoms with van der Waals surface area (Å²) in [4.78, 5) is 5.04. The first-order valence-electron chi connectivity index (χ1n) is 7.56. The van der Waals surface area contributed by atoms with E-state index in [1.807, 2.05) is 6.92 Å². The van der Waals surface area contributed by atoms with E-state index >= 15 is 0 Å². The lowest BCUT2D eigenvalue weighted by Gasteiger charge is -2.41. The van der Waals surface area contributed by atoms with Gasteiger partial charge in [0.05, 0.1) is 6.07 Å². The molecule has 0 amide bonds. The Morgan fingerprint density at radius 1 is 1.16 bits per heavy atom. The second-order valence-corrected chi connectivity index (χ2v) is 6.19. The van der Waals surface area contributed by atoms with Gasteiger partial charge in [0, 0.05) is 38.3 Å². The van der Waals surface area contributed by atoms with Crippen molar-refractivity contribution in [3.05, 3.63) is 0 Å². The lowest BCUT2D eigenvalue weighted by Crippen LogP contribution is -2.54. The largest absolute Gasteiger partial charge is 0.300 e. The van der Waals surface area contributed by atoms with Crippen molar-refractivity contribution >= 4 is 0 Å². The molecule has 1 aliphatic rings. The van der Waals surface area contributed by atoms with Crippen LogP contribution in [-0.4, -0.2) is 60.1 Å². The van der Waals surface area contributed by atoms with Crippen LogP contribution < -0.4 is 5.32 Å². The van der Waals surface area contributed by atoms with Gasteiger partial charge in [-0.25, -0.2) is 0 Å². The average Bonchev–Trinajstić information content (AvgIpc) is 2.39. The predicted octanol–water partition coefficient (Wildman–Crippen LogP) is 1.68. The number of rotatable bonds is 6. The van der Waals surface area contributed by atoms with Crippen LogP contribution in [0, 0.1) is 11.3 Å². The first-order valence-corrected chi connectivity index (χ1v) is 7.56. The van der Waals surface area contributed by atoms with Crippen molar-refractivity contribution in [2.24, 2.45) is 0 Å². The van der Waals surface area contributed by atoms with E-state index in [0.717, 1.165) is 39.1 Å². The van der Waals surface area contributed by atoms with Crippen LogP contribution in [0.5, 0.6) is 0 Å². The zero-order valence-electron chi connectivity index (χ0n) is 13.2.